The number of hydrazone groups is 1. The lowest BCUT2D eigenvalue weighted by Gasteiger charge is -2.01. The molecule has 0 aliphatic rings. The predicted molar refractivity (Wildman–Crippen MR) is 84.6 cm³/mol. The van der Waals surface area contributed by atoms with E-state index in [1.54, 1.807) is 18.2 Å². The van der Waals surface area contributed by atoms with Gasteiger partial charge in [-0.15, -0.1) is 0 Å². The zero-order chi connectivity index (χ0) is 16.1. The molecular formula is C14H9Cl2N3O3. The number of non-ortho nitro benzene ring substituents is 1. The van der Waals surface area contributed by atoms with Gasteiger partial charge < -0.3 is 0 Å². The van der Waals surface area contributed by atoms with E-state index >= 15 is 0 Å². The van der Waals surface area contributed by atoms with E-state index in [0.29, 0.717) is 16.1 Å². The molecule has 0 saturated heterocycles. The third kappa shape index (κ3) is 4.03. The molecule has 2 rings (SSSR count). The van der Waals surface area contributed by atoms with Crippen LogP contribution in [-0.2, 0) is 0 Å². The second kappa shape index (κ2) is 7.02. The summed E-state index contributed by atoms with van der Waals surface area (Å²) in [6.45, 7) is 0. The van der Waals surface area contributed by atoms with Crippen LogP contribution in [0, 0.1) is 10.1 Å². The quantitative estimate of drug-likeness (QED) is 0.524. The van der Waals surface area contributed by atoms with Crippen molar-refractivity contribution in [3.8, 4) is 0 Å². The van der Waals surface area contributed by atoms with Crippen molar-refractivity contribution in [2.45, 2.75) is 0 Å². The average Bonchev–Trinajstić information content (AvgIpc) is 2.48. The maximum Gasteiger partial charge on any atom is 0.271 e. The van der Waals surface area contributed by atoms with Crippen molar-refractivity contribution in [1.82, 2.24) is 5.43 Å². The van der Waals surface area contributed by atoms with Gasteiger partial charge in [0.05, 0.1) is 11.1 Å². The first-order valence-electron chi connectivity index (χ1n) is 6.00. The highest BCUT2D eigenvalue weighted by molar-refractivity contribution is 6.33. The summed E-state index contributed by atoms with van der Waals surface area (Å²) in [6.07, 6.45) is 1.23. The normalized spacial score (nSPS) is 10.6. The van der Waals surface area contributed by atoms with Gasteiger partial charge in [0.15, 0.2) is 0 Å². The molecule has 0 aromatic heterocycles. The number of hydrogen-bond acceptors (Lipinski definition) is 4. The van der Waals surface area contributed by atoms with Crippen molar-refractivity contribution in [2.24, 2.45) is 5.10 Å². The highest BCUT2D eigenvalue weighted by Crippen LogP contribution is 2.20. The summed E-state index contributed by atoms with van der Waals surface area (Å²) >= 11 is 11.7. The van der Waals surface area contributed by atoms with E-state index < -0.39 is 10.8 Å². The summed E-state index contributed by atoms with van der Waals surface area (Å²) in [6, 6.07) is 10.3. The lowest BCUT2D eigenvalue weighted by atomic mass is 10.2. The molecule has 6 nitrogen and oxygen atoms in total. The van der Waals surface area contributed by atoms with Gasteiger partial charge >= 0.3 is 0 Å². The van der Waals surface area contributed by atoms with Crippen LogP contribution >= 0.6 is 23.2 Å². The average molecular weight is 338 g/mol. The SMILES string of the molecule is O=C(N/N=C\c1cc([N+](=O)[O-])ccc1Cl)c1cccc(Cl)c1. The van der Waals surface area contributed by atoms with Crippen LogP contribution in [0.5, 0.6) is 0 Å². The number of amides is 1. The van der Waals surface area contributed by atoms with E-state index in [0.717, 1.165) is 0 Å². The van der Waals surface area contributed by atoms with Crippen molar-refractivity contribution < 1.29 is 9.72 Å². The van der Waals surface area contributed by atoms with E-state index in [4.69, 9.17) is 23.2 Å². The van der Waals surface area contributed by atoms with Crippen molar-refractivity contribution >= 4 is 41.0 Å². The zero-order valence-electron chi connectivity index (χ0n) is 11.0. The smallest absolute Gasteiger partial charge is 0.267 e. The molecule has 0 spiro atoms. The van der Waals surface area contributed by atoms with E-state index in [9.17, 15) is 14.9 Å². The molecule has 0 atom stereocenters. The monoisotopic (exact) mass is 337 g/mol. The van der Waals surface area contributed by atoms with Gasteiger partial charge in [-0.25, -0.2) is 5.43 Å². The summed E-state index contributed by atoms with van der Waals surface area (Å²) in [5, 5.41) is 15.1. The Hall–Kier alpha value is -2.44. The number of halogens is 2. The van der Waals surface area contributed by atoms with Gasteiger partial charge in [-0.05, 0) is 24.3 Å². The van der Waals surface area contributed by atoms with Crippen LogP contribution in [-0.4, -0.2) is 17.0 Å². The number of nitrogens with one attached hydrogen (secondary N) is 1. The summed E-state index contributed by atoms with van der Waals surface area (Å²) in [5.41, 5.74) is 2.84. The number of carbonyl (C=O) groups excluding carboxylic acids is 1. The molecule has 22 heavy (non-hydrogen) atoms. The van der Waals surface area contributed by atoms with Crippen molar-refractivity contribution in [1.29, 1.82) is 0 Å². The van der Waals surface area contributed by atoms with Gasteiger partial charge in [0.2, 0.25) is 0 Å². The number of nitrogens with zero attached hydrogens (tertiary/aromatic N) is 2. The van der Waals surface area contributed by atoms with Crippen LogP contribution in [0.15, 0.2) is 47.6 Å². The number of nitro groups is 1. The predicted octanol–water partition coefficient (Wildman–Crippen LogP) is 3.67. The maximum absolute atomic E-state index is 11.8. The fraction of sp³-hybridized carbons (Fsp3) is 0. The molecule has 2 aromatic rings. The Labute approximate surface area is 135 Å². The molecule has 2 aromatic carbocycles. The molecular weight excluding hydrogens is 329 g/mol. The second-order valence-electron chi connectivity index (χ2n) is 4.17. The molecule has 8 heteroatoms. The summed E-state index contributed by atoms with van der Waals surface area (Å²) in [5.74, 6) is -0.458. The van der Waals surface area contributed by atoms with Gasteiger partial charge in [-0.2, -0.15) is 5.10 Å². The van der Waals surface area contributed by atoms with E-state index in [2.05, 4.69) is 10.5 Å². The van der Waals surface area contributed by atoms with Gasteiger partial charge in [0, 0.05) is 33.3 Å². The fourth-order valence-electron chi connectivity index (χ4n) is 1.60. The Morgan fingerprint density at radius 2 is 2.00 bits per heavy atom. The molecule has 1 amide bonds. The molecule has 0 aliphatic carbocycles. The van der Waals surface area contributed by atoms with Crippen LogP contribution in [0.3, 0.4) is 0 Å². The van der Waals surface area contributed by atoms with Crippen LogP contribution < -0.4 is 5.43 Å². The molecule has 0 radical (unpaired) electrons. The zero-order valence-corrected chi connectivity index (χ0v) is 12.5. The number of benzene rings is 2. The van der Waals surface area contributed by atoms with Crippen molar-refractivity contribution in [3.05, 3.63) is 73.8 Å². The fourth-order valence-corrected chi connectivity index (χ4v) is 1.95. The van der Waals surface area contributed by atoms with E-state index in [-0.39, 0.29) is 10.7 Å². The molecule has 0 heterocycles. The third-order valence-electron chi connectivity index (χ3n) is 2.65. The summed E-state index contributed by atoms with van der Waals surface area (Å²) in [4.78, 5) is 22.0. The molecule has 0 saturated carbocycles. The first-order valence-corrected chi connectivity index (χ1v) is 6.76. The maximum atomic E-state index is 11.8. The van der Waals surface area contributed by atoms with E-state index in [1.165, 1.54) is 30.5 Å². The Morgan fingerprint density at radius 1 is 1.23 bits per heavy atom. The second-order valence-corrected chi connectivity index (χ2v) is 5.02. The molecule has 1 N–H and O–H groups in total. The molecule has 0 fully saturated rings. The Balaban J connectivity index is 2.11. The Bertz CT molecular complexity index is 763. The number of carbonyl (C=O) groups is 1. The van der Waals surface area contributed by atoms with E-state index in [1.807, 2.05) is 0 Å². The molecule has 112 valence electrons. The van der Waals surface area contributed by atoms with Crippen LogP contribution in [0.2, 0.25) is 10.0 Å². The highest BCUT2D eigenvalue weighted by Gasteiger charge is 2.08. The number of rotatable bonds is 4. The van der Waals surface area contributed by atoms with Gasteiger partial charge in [-0.1, -0.05) is 29.3 Å². The topological polar surface area (TPSA) is 84.6 Å². The molecule has 0 aliphatic heterocycles. The van der Waals surface area contributed by atoms with Crippen molar-refractivity contribution in [3.63, 3.8) is 0 Å². The Morgan fingerprint density at radius 3 is 2.68 bits per heavy atom. The highest BCUT2D eigenvalue weighted by atomic mass is 35.5. The minimum Gasteiger partial charge on any atom is -0.267 e. The molecule has 0 unspecified atom stereocenters. The van der Waals surface area contributed by atoms with Gasteiger partial charge in [0.1, 0.15) is 0 Å². The molecule has 0 bridgehead atoms. The summed E-state index contributed by atoms with van der Waals surface area (Å²) < 4.78 is 0. The third-order valence-corrected chi connectivity index (χ3v) is 3.23. The first-order chi connectivity index (χ1) is 10.5. The van der Waals surface area contributed by atoms with Crippen LogP contribution in [0.4, 0.5) is 5.69 Å². The number of nitro benzene ring substituents is 1. The summed E-state index contributed by atoms with van der Waals surface area (Å²) in [7, 11) is 0. The minimum absolute atomic E-state index is 0.119. The van der Waals surface area contributed by atoms with Crippen LogP contribution in [0.1, 0.15) is 15.9 Å². The Kier molecular flexibility index (Phi) is 5.08. The lowest BCUT2D eigenvalue weighted by Crippen LogP contribution is -2.17. The number of hydrogen-bond donors (Lipinski definition) is 1. The first kappa shape index (κ1) is 15.9. The standard InChI is InChI=1S/C14H9Cl2N3O3/c15-11-3-1-2-9(6-11)14(20)18-17-8-10-7-12(19(21)22)4-5-13(10)16/h1-8H,(H,18,20)/b17-8-. The lowest BCUT2D eigenvalue weighted by molar-refractivity contribution is -0.384. The van der Waals surface area contributed by atoms with Gasteiger partial charge in [-0.3, -0.25) is 14.9 Å². The largest absolute Gasteiger partial charge is 0.271 e. The van der Waals surface area contributed by atoms with Crippen molar-refractivity contribution in [2.75, 3.05) is 0 Å². The van der Waals surface area contributed by atoms with Gasteiger partial charge in [0.25, 0.3) is 11.6 Å². The van der Waals surface area contributed by atoms with Crippen LogP contribution in [0.25, 0.3) is 0 Å². The minimum atomic E-state index is -0.543.